The predicted octanol–water partition coefficient (Wildman–Crippen LogP) is 5.24. The highest BCUT2D eigenvalue weighted by atomic mass is 16.5. The van der Waals surface area contributed by atoms with Crippen molar-refractivity contribution < 1.29 is 28.7 Å². The average molecular weight is 811 g/mol. The van der Waals surface area contributed by atoms with Gasteiger partial charge in [-0.25, -0.2) is 39.5 Å². The van der Waals surface area contributed by atoms with E-state index in [1.807, 2.05) is 36.4 Å². The van der Waals surface area contributed by atoms with Gasteiger partial charge in [0.05, 0.1) is 50.1 Å². The number of ether oxygens (including phenoxy) is 2. The maximum Gasteiger partial charge on any atom is 0.407 e. The Hall–Kier alpha value is -7.50. The molecule has 0 spiro atoms. The first-order chi connectivity index (χ1) is 29.3. The number of nitrogens with one attached hydrogen (secondary N) is 4. The Morgan fingerprint density at radius 1 is 0.583 bits per heavy atom. The molecule has 18 heteroatoms. The molecule has 6 heterocycles. The number of aromatic nitrogens is 8. The van der Waals surface area contributed by atoms with Crippen LogP contribution in [0.1, 0.15) is 72.6 Å². The Bertz CT molecular complexity index is 2270. The first-order valence-corrected chi connectivity index (χ1v) is 19.5. The summed E-state index contributed by atoms with van der Waals surface area (Å²) in [4.78, 5) is 89.6. The van der Waals surface area contributed by atoms with Crippen LogP contribution in [-0.2, 0) is 19.1 Å². The third-order valence-electron chi connectivity index (χ3n) is 10.7. The van der Waals surface area contributed by atoms with Gasteiger partial charge in [0.1, 0.15) is 23.7 Å². The van der Waals surface area contributed by atoms with Gasteiger partial charge < -0.3 is 39.9 Å². The van der Waals surface area contributed by atoms with Gasteiger partial charge in [-0.3, -0.25) is 9.59 Å². The fraction of sp³-hybridized carbons (Fsp3) is 0.286. The molecule has 0 bridgehead atoms. The SMILES string of the molecule is COC(=O)N[C@@H](C(=O)N1CCC[C@H]1c1ncc(-c2cnc(-c3ncc(-c4cnc([C@@H]5CCCN5C(=O)[C@H](NC(=O)OC)c5ccccc5)[nH]4)cn3)nc2)[nH]1)c1ccccc1. The smallest absolute Gasteiger partial charge is 0.407 e. The molecule has 0 radical (unpaired) electrons. The van der Waals surface area contributed by atoms with Gasteiger partial charge in [0, 0.05) is 49.0 Å². The van der Waals surface area contributed by atoms with E-state index >= 15 is 0 Å². The second kappa shape index (κ2) is 17.6. The molecule has 306 valence electrons. The molecule has 4 atom stereocenters. The Balaban J connectivity index is 0.928. The second-order valence-corrected chi connectivity index (χ2v) is 14.3. The molecular formula is C42H42N12O6. The molecule has 6 aromatic rings. The summed E-state index contributed by atoms with van der Waals surface area (Å²) in [5, 5.41) is 5.37. The number of likely N-dealkylation sites (tertiary alicyclic amines) is 2. The number of carbonyl (C=O) groups excluding carboxylic acids is 4. The first-order valence-electron chi connectivity index (χ1n) is 19.5. The monoisotopic (exact) mass is 810 g/mol. The van der Waals surface area contributed by atoms with Crippen molar-refractivity contribution in [1.82, 2.24) is 60.3 Å². The maximum absolute atomic E-state index is 13.9. The summed E-state index contributed by atoms with van der Waals surface area (Å²) < 4.78 is 9.61. The zero-order chi connectivity index (χ0) is 41.6. The first kappa shape index (κ1) is 39.3. The number of H-pyrrole nitrogens is 2. The summed E-state index contributed by atoms with van der Waals surface area (Å²) >= 11 is 0. The molecule has 18 nitrogen and oxygen atoms in total. The fourth-order valence-electron chi connectivity index (χ4n) is 7.65. The van der Waals surface area contributed by atoms with Gasteiger partial charge in [-0.2, -0.15) is 0 Å². The molecule has 4 amide bonds. The van der Waals surface area contributed by atoms with Crippen LogP contribution in [0.4, 0.5) is 9.59 Å². The van der Waals surface area contributed by atoms with Crippen molar-refractivity contribution in [3.05, 3.63) is 121 Å². The van der Waals surface area contributed by atoms with Crippen LogP contribution >= 0.6 is 0 Å². The van der Waals surface area contributed by atoms with Crippen molar-refractivity contribution in [2.75, 3.05) is 27.3 Å². The molecule has 0 aliphatic carbocycles. The van der Waals surface area contributed by atoms with Gasteiger partial charge in [-0.05, 0) is 36.8 Å². The van der Waals surface area contributed by atoms with E-state index in [4.69, 9.17) is 9.47 Å². The number of hydrogen-bond donors (Lipinski definition) is 4. The molecule has 2 fully saturated rings. The molecule has 8 rings (SSSR count). The van der Waals surface area contributed by atoms with Crippen LogP contribution in [0.5, 0.6) is 0 Å². The van der Waals surface area contributed by atoms with Crippen LogP contribution in [0.2, 0.25) is 0 Å². The quantitative estimate of drug-likeness (QED) is 0.132. The molecule has 2 aliphatic rings. The summed E-state index contributed by atoms with van der Waals surface area (Å²) in [6.45, 7) is 1.02. The van der Waals surface area contributed by atoms with Crippen molar-refractivity contribution in [1.29, 1.82) is 0 Å². The average Bonchev–Trinajstić information content (AvgIpc) is 4.15. The zero-order valence-corrected chi connectivity index (χ0v) is 32.8. The van der Waals surface area contributed by atoms with E-state index in [-0.39, 0.29) is 23.9 Å². The van der Waals surface area contributed by atoms with E-state index in [9.17, 15) is 19.2 Å². The number of methoxy groups -OCH3 is 2. The van der Waals surface area contributed by atoms with Gasteiger partial charge in [-0.15, -0.1) is 0 Å². The van der Waals surface area contributed by atoms with Crippen molar-refractivity contribution in [2.45, 2.75) is 49.9 Å². The van der Waals surface area contributed by atoms with Crippen LogP contribution in [0.3, 0.4) is 0 Å². The molecule has 4 N–H and O–H groups in total. The number of hydrogen-bond acceptors (Lipinski definition) is 12. The predicted molar refractivity (Wildman–Crippen MR) is 215 cm³/mol. The zero-order valence-electron chi connectivity index (χ0n) is 32.8. The van der Waals surface area contributed by atoms with Gasteiger partial charge >= 0.3 is 12.2 Å². The molecular weight excluding hydrogens is 769 g/mol. The topological polar surface area (TPSA) is 226 Å². The lowest BCUT2D eigenvalue weighted by molar-refractivity contribution is -0.135. The van der Waals surface area contributed by atoms with Crippen LogP contribution in [0.25, 0.3) is 34.2 Å². The van der Waals surface area contributed by atoms with Crippen LogP contribution < -0.4 is 10.6 Å². The number of alkyl carbamates (subject to hydrolysis) is 2. The minimum Gasteiger partial charge on any atom is -0.453 e. The number of benzene rings is 2. The van der Waals surface area contributed by atoms with Crippen molar-refractivity contribution in [3.63, 3.8) is 0 Å². The van der Waals surface area contributed by atoms with E-state index in [1.165, 1.54) is 14.2 Å². The third-order valence-corrected chi connectivity index (χ3v) is 10.7. The second-order valence-electron chi connectivity index (χ2n) is 14.3. The van der Waals surface area contributed by atoms with Crippen molar-refractivity contribution in [3.8, 4) is 34.2 Å². The van der Waals surface area contributed by atoms with Crippen LogP contribution in [0.15, 0.2) is 97.8 Å². The number of aromatic amines is 2. The van der Waals surface area contributed by atoms with Crippen molar-refractivity contribution >= 4 is 24.0 Å². The highest BCUT2D eigenvalue weighted by Crippen LogP contribution is 2.35. The minimum atomic E-state index is -0.916. The largest absolute Gasteiger partial charge is 0.453 e. The van der Waals surface area contributed by atoms with Gasteiger partial charge in [0.2, 0.25) is 0 Å². The summed E-state index contributed by atoms with van der Waals surface area (Å²) in [6.07, 6.45) is 11.5. The van der Waals surface area contributed by atoms with E-state index in [1.54, 1.807) is 71.2 Å². The molecule has 4 aromatic heterocycles. The Morgan fingerprint density at radius 2 is 0.967 bits per heavy atom. The summed E-state index contributed by atoms with van der Waals surface area (Å²) in [6, 6.07) is 15.6. The van der Waals surface area contributed by atoms with Gasteiger partial charge in [0.15, 0.2) is 11.6 Å². The van der Waals surface area contributed by atoms with Crippen molar-refractivity contribution in [2.24, 2.45) is 0 Å². The van der Waals surface area contributed by atoms with E-state index in [0.29, 0.717) is 82.9 Å². The molecule has 60 heavy (non-hydrogen) atoms. The number of nitrogens with zero attached hydrogens (tertiary/aromatic N) is 8. The minimum absolute atomic E-state index is 0.255. The lowest BCUT2D eigenvalue weighted by Crippen LogP contribution is -2.42. The molecule has 0 saturated carbocycles. The number of imidazole rings is 2. The highest BCUT2D eigenvalue weighted by molar-refractivity contribution is 5.88. The molecule has 0 unspecified atom stereocenters. The maximum atomic E-state index is 13.9. The van der Waals surface area contributed by atoms with E-state index in [0.717, 1.165) is 12.8 Å². The highest BCUT2D eigenvalue weighted by Gasteiger charge is 2.38. The number of carbonyl (C=O) groups is 4. The molecule has 2 aromatic carbocycles. The lowest BCUT2D eigenvalue weighted by Gasteiger charge is -2.28. The lowest BCUT2D eigenvalue weighted by atomic mass is 10.1. The van der Waals surface area contributed by atoms with Crippen LogP contribution in [0, 0.1) is 0 Å². The van der Waals surface area contributed by atoms with E-state index in [2.05, 4.69) is 50.5 Å². The Labute approximate surface area is 344 Å². The van der Waals surface area contributed by atoms with Gasteiger partial charge in [-0.1, -0.05) is 60.7 Å². The summed E-state index contributed by atoms with van der Waals surface area (Å²) in [5.74, 6) is 1.36. The van der Waals surface area contributed by atoms with Crippen LogP contribution in [-0.4, -0.2) is 101 Å². The van der Waals surface area contributed by atoms with Gasteiger partial charge in [0.25, 0.3) is 11.8 Å². The van der Waals surface area contributed by atoms with E-state index < -0.39 is 24.3 Å². The molecule has 2 saturated heterocycles. The summed E-state index contributed by atoms with van der Waals surface area (Å²) in [5.41, 5.74) is 4.01. The fourth-order valence-corrected chi connectivity index (χ4v) is 7.65. The number of amides is 4. The number of rotatable bonds is 11. The summed E-state index contributed by atoms with van der Waals surface area (Å²) in [7, 11) is 2.52. The normalized spacial score (nSPS) is 17.2. The molecule has 2 aliphatic heterocycles. The third kappa shape index (κ3) is 8.25. The Morgan fingerprint density at radius 3 is 1.33 bits per heavy atom. The standard InChI is InChI=1S/C42H42N12O6/c1-59-41(57)51-33(25-11-5-3-6-12-25)39(55)53-17-9-15-31(53)35-47-23-29(49-35)27-19-43-37(44-20-27)38-45-21-28(22-46-38)30-24-48-36(50-30)32-16-10-18-54(32)40(56)34(52-42(58)60-2)26-13-7-4-8-14-26/h3-8,11-14,19-24,31-34H,9-10,15-18H2,1-2H3,(H,47,49)(H,48,50)(H,51,57)(H,52,58)/t31-,32-,33+,34+/m0/s1. The Kier molecular flexibility index (Phi) is 11.5.